The number of esters is 2. The predicted octanol–water partition coefficient (Wildman–Crippen LogP) is 11.3. The van der Waals surface area contributed by atoms with Crippen LogP contribution in [0.1, 0.15) is 48.4 Å². The molecule has 0 amide bonds. The molecule has 0 atom stereocenters. The van der Waals surface area contributed by atoms with E-state index in [0.717, 1.165) is 52.9 Å². The third-order valence-corrected chi connectivity index (χ3v) is 11.0. The second-order valence-electron chi connectivity index (χ2n) is 12.8. The first-order valence-corrected chi connectivity index (χ1v) is 19.0. The van der Waals surface area contributed by atoms with E-state index in [1.165, 1.54) is 14.2 Å². The number of ether oxygens (including phenoxy) is 6. The Morgan fingerprint density at radius 2 is 0.852 bits per heavy atom. The maximum Gasteiger partial charge on any atom is 0.337 e. The van der Waals surface area contributed by atoms with Gasteiger partial charge in [-0.25, -0.2) is 9.59 Å². The van der Waals surface area contributed by atoms with Gasteiger partial charge in [0, 0.05) is 20.9 Å². The van der Waals surface area contributed by atoms with Gasteiger partial charge in [-0.05, 0) is 99.5 Å². The quantitative estimate of drug-likeness (QED) is 0.107. The van der Waals surface area contributed by atoms with Gasteiger partial charge in [0.25, 0.3) is 0 Å². The zero-order chi connectivity index (χ0) is 38.5. The van der Waals surface area contributed by atoms with Crippen LogP contribution in [0.4, 0.5) is 0 Å². The fourth-order valence-corrected chi connectivity index (χ4v) is 8.69. The molecule has 2 heterocycles. The van der Waals surface area contributed by atoms with Crippen LogP contribution in [0.15, 0.2) is 97.1 Å². The summed E-state index contributed by atoms with van der Waals surface area (Å²) in [6.45, 7) is 7.99. The van der Waals surface area contributed by atoms with Crippen molar-refractivity contribution in [3.8, 4) is 75.9 Å². The Morgan fingerprint density at radius 3 is 1.17 bits per heavy atom. The van der Waals surface area contributed by atoms with E-state index in [4.69, 9.17) is 28.4 Å². The SMILES string of the molecule is COC(=O)c1ccc(-c2cc(-c3cc(-c4ccc(C(=O)OC)cc4)c(-c4c(OC)cccc4OC(C)C)s3)sc2-c2c(OC)cccc2OC(C)C)cc1. The molecule has 6 rings (SSSR count). The summed E-state index contributed by atoms with van der Waals surface area (Å²) in [7, 11) is 6.06. The second kappa shape index (κ2) is 16.6. The zero-order valence-electron chi connectivity index (χ0n) is 31.5. The molecule has 8 nitrogen and oxygen atoms in total. The van der Waals surface area contributed by atoms with E-state index in [-0.39, 0.29) is 12.2 Å². The van der Waals surface area contributed by atoms with Crippen LogP contribution in [0.25, 0.3) is 52.9 Å². The van der Waals surface area contributed by atoms with Crippen LogP contribution in [0.3, 0.4) is 0 Å². The topological polar surface area (TPSA) is 89.5 Å². The van der Waals surface area contributed by atoms with Crippen LogP contribution in [-0.2, 0) is 9.47 Å². The van der Waals surface area contributed by atoms with Crippen molar-refractivity contribution in [3.05, 3.63) is 108 Å². The standard InChI is InChI=1S/C44H42O8S2/c1-25(2)51-35-13-9-11-33(47-5)39(35)41-31(27-15-19-29(20-16-27)43(45)49-7)23-37(53-41)38-24-32(28-17-21-30(22-18-28)44(46)50-8)42(54-38)40-34(48-6)12-10-14-36(40)52-26(3)4/h9-26H,1-8H3. The van der Waals surface area contributed by atoms with Crippen LogP contribution in [0.2, 0.25) is 0 Å². The Morgan fingerprint density at radius 1 is 0.500 bits per heavy atom. The van der Waals surface area contributed by atoms with Crippen LogP contribution in [-0.4, -0.2) is 52.6 Å². The van der Waals surface area contributed by atoms with Crippen molar-refractivity contribution in [2.24, 2.45) is 0 Å². The molecule has 0 fully saturated rings. The molecule has 0 saturated carbocycles. The summed E-state index contributed by atoms with van der Waals surface area (Å²) in [4.78, 5) is 28.6. The number of hydrogen-bond acceptors (Lipinski definition) is 10. The molecule has 0 aliphatic rings. The number of carbonyl (C=O) groups is 2. The first-order chi connectivity index (χ1) is 26.1. The van der Waals surface area contributed by atoms with E-state index in [0.29, 0.717) is 34.1 Å². The molecule has 278 valence electrons. The Labute approximate surface area is 323 Å². The summed E-state index contributed by atoms with van der Waals surface area (Å²) in [5.74, 6) is 1.95. The van der Waals surface area contributed by atoms with Gasteiger partial charge in [0.05, 0.1) is 72.7 Å². The van der Waals surface area contributed by atoms with E-state index in [2.05, 4.69) is 12.1 Å². The number of rotatable bonds is 13. The van der Waals surface area contributed by atoms with Gasteiger partial charge in [-0.1, -0.05) is 36.4 Å². The highest BCUT2D eigenvalue weighted by Gasteiger charge is 2.26. The van der Waals surface area contributed by atoms with E-state index >= 15 is 0 Å². The van der Waals surface area contributed by atoms with Gasteiger partial charge in [-0.15, -0.1) is 22.7 Å². The molecule has 2 aromatic heterocycles. The minimum atomic E-state index is -0.402. The van der Waals surface area contributed by atoms with Gasteiger partial charge in [0.1, 0.15) is 23.0 Å². The van der Waals surface area contributed by atoms with Gasteiger partial charge >= 0.3 is 11.9 Å². The van der Waals surface area contributed by atoms with Gasteiger partial charge in [0.2, 0.25) is 0 Å². The largest absolute Gasteiger partial charge is 0.496 e. The lowest BCUT2D eigenvalue weighted by Gasteiger charge is -2.17. The summed E-state index contributed by atoms with van der Waals surface area (Å²) in [5.41, 5.74) is 6.31. The molecular formula is C44H42O8S2. The maximum atomic E-state index is 12.3. The van der Waals surface area contributed by atoms with E-state index in [1.807, 2.05) is 88.4 Å². The highest BCUT2D eigenvalue weighted by Crippen LogP contribution is 2.54. The third-order valence-electron chi connectivity index (χ3n) is 8.54. The van der Waals surface area contributed by atoms with Crippen molar-refractivity contribution < 1.29 is 38.0 Å². The van der Waals surface area contributed by atoms with Crippen LogP contribution >= 0.6 is 22.7 Å². The summed E-state index contributed by atoms with van der Waals surface area (Å²) in [6, 6.07) is 30.8. The monoisotopic (exact) mass is 762 g/mol. The zero-order valence-corrected chi connectivity index (χ0v) is 33.1. The summed E-state index contributed by atoms with van der Waals surface area (Å²) >= 11 is 3.26. The van der Waals surface area contributed by atoms with E-state index in [9.17, 15) is 9.59 Å². The fraction of sp³-hybridized carbons (Fsp3) is 0.227. The van der Waals surface area contributed by atoms with Gasteiger partial charge < -0.3 is 28.4 Å². The molecule has 4 aromatic carbocycles. The number of benzene rings is 4. The Balaban J connectivity index is 1.62. The average molecular weight is 763 g/mol. The van der Waals surface area contributed by atoms with Crippen molar-refractivity contribution in [2.45, 2.75) is 39.9 Å². The second-order valence-corrected chi connectivity index (χ2v) is 14.9. The molecular weight excluding hydrogens is 721 g/mol. The van der Waals surface area contributed by atoms with Crippen LogP contribution < -0.4 is 18.9 Å². The molecule has 0 aliphatic heterocycles. The van der Waals surface area contributed by atoms with Gasteiger partial charge in [-0.2, -0.15) is 0 Å². The van der Waals surface area contributed by atoms with Gasteiger partial charge in [0.15, 0.2) is 0 Å². The smallest absolute Gasteiger partial charge is 0.337 e. The van der Waals surface area contributed by atoms with E-state index < -0.39 is 11.9 Å². The van der Waals surface area contributed by atoms with Crippen molar-refractivity contribution in [3.63, 3.8) is 0 Å². The molecule has 10 heteroatoms. The lowest BCUT2D eigenvalue weighted by molar-refractivity contribution is 0.0592. The van der Waals surface area contributed by atoms with Crippen molar-refractivity contribution in [1.29, 1.82) is 0 Å². The number of methoxy groups -OCH3 is 4. The highest BCUT2D eigenvalue weighted by atomic mass is 32.1. The molecule has 0 bridgehead atoms. The van der Waals surface area contributed by atoms with Crippen molar-refractivity contribution in [1.82, 2.24) is 0 Å². The van der Waals surface area contributed by atoms with Crippen LogP contribution in [0, 0.1) is 0 Å². The Bertz CT molecular complexity index is 2100. The minimum Gasteiger partial charge on any atom is -0.496 e. The average Bonchev–Trinajstić information content (AvgIpc) is 3.82. The number of thiophene rings is 2. The van der Waals surface area contributed by atoms with Crippen LogP contribution in [0.5, 0.6) is 23.0 Å². The lowest BCUT2D eigenvalue weighted by Crippen LogP contribution is -2.07. The molecule has 0 spiro atoms. The summed E-state index contributed by atoms with van der Waals surface area (Å²) < 4.78 is 34.6. The Kier molecular flexibility index (Phi) is 11.7. The number of carbonyl (C=O) groups excluding carboxylic acids is 2. The molecule has 0 unspecified atom stereocenters. The van der Waals surface area contributed by atoms with E-state index in [1.54, 1.807) is 61.2 Å². The Hall–Kier alpha value is -5.58. The van der Waals surface area contributed by atoms with Gasteiger partial charge in [-0.3, -0.25) is 0 Å². The first kappa shape index (κ1) is 38.2. The molecule has 0 N–H and O–H groups in total. The summed E-state index contributed by atoms with van der Waals surface area (Å²) in [6.07, 6.45) is -0.150. The molecule has 54 heavy (non-hydrogen) atoms. The fourth-order valence-electron chi connectivity index (χ4n) is 6.15. The molecule has 6 aromatic rings. The molecule has 0 radical (unpaired) electrons. The van der Waals surface area contributed by atoms with Crippen molar-refractivity contribution in [2.75, 3.05) is 28.4 Å². The summed E-state index contributed by atoms with van der Waals surface area (Å²) in [5, 5.41) is 0. The normalized spacial score (nSPS) is 11.1. The predicted molar refractivity (Wildman–Crippen MR) is 217 cm³/mol. The maximum absolute atomic E-state index is 12.3. The molecule has 0 aliphatic carbocycles. The minimum absolute atomic E-state index is 0.0748. The molecule has 0 saturated heterocycles. The van der Waals surface area contributed by atoms with Crippen molar-refractivity contribution >= 4 is 34.6 Å². The lowest BCUT2D eigenvalue weighted by atomic mass is 9.99. The third kappa shape index (κ3) is 7.85. The number of hydrogen-bond donors (Lipinski definition) is 0. The highest BCUT2D eigenvalue weighted by molar-refractivity contribution is 7.26. The first-order valence-electron chi connectivity index (χ1n) is 17.4.